The summed E-state index contributed by atoms with van der Waals surface area (Å²) >= 11 is 6.11. The fourth-order valence-electron chi connectivity index (χ4n) is 2.89. The summed E-state index contributed by atoms with van der Waals surface area (Å²) in [6.07, 6.45) is 2.33. The quantitative estimate of drug-likeness (QED) is 0.749. The van der Waals surface area contributed by atoms with Gasteiger partial charge in [-0.2, -0.15) is 0 Å². The first kappa shape index (κ1) is 16.2. The van der Waals surface area contributed by atoms with Crippen LogP contribution in [0.2, 0.25) is 5.15 Å². The minimum Gasteiger partial charge on any atom is -0.394 e. The van der Waals surface area contributed by atoms with Crippen LogP contribution in [-0.2, 0) is 0 Å². The van der Waals surface area contributed by atoms with Crippen molar-refractivity contribution in [3.05, 3.63) is 11.2 Å². The minimum absolute atomic E-state index is 0.116. The van der Waals surface area contributed by atoms with Crippen molar-refractivity contribution in [2.75, 3.05) is 36.1 Å². The van der Waals surface area contributed by atoms with Crippen LogP contribution >= 0.6 is 11.6 Å². The number of hydrogen-bond donors (Lipinski definition) is 3. The van der Waals surface area contributed by atoms with Crippen LogP contribution in [0.3, 0.4) is 0 Å². The van der Waals surface area contributed by atoms with Gasteiger partial charge in [0.1, 0.15) is 5.15 Å². The first-order valence-corrected chi connectivity index (χ1v) is 7.84. The molecule has 1 fully saturated rings. The second-order valence-corrected chi connectivity index (χ2v) is 7.04. The van der Waals surface area contributed by atoms with Crippen molar-refractivity contribution in [2.24, 2.45) is 0 Å². The highest BCUT2D eigenvalue weighted by Crippen LogP contribution is 2.33. The standard InChI is InChI=1S/C15H26ClN5/c1-15(2,3)20-10-6-5-7-21(9-10)11-8-12(16)19-14(18-4)13(11)17/h8,10,20H,5-7,9,17H2,1-4H3,(H,18,19). The van der Waals surface area contributed by atoms with Crippen LogP contribution in [0.15, 0.2) is 6.07 Å². The Hall–Kier alpha value is -1.20. The van der Waals surface area contributed by atoms with Crippen molar-refractivity contribution < 1.29 is 0 Å². The van der Waals surface area contributed by atoms with E-state index in [0.29, 0.717) is 22.7 Å². The molecule has 1 aliphatic heterocycles. The highest BCUT2D eigenvalue weighted by Gasteiger charge is 2.25. The summed E-state index contributed by atoms with van der Waals surface area (Å²) in [6, 6.07) is 2.32. The SMILES string of the molecule is CNc1nc(Cl)cc(N2CCCC(NC(C)(C)C)C2)c1N. The van der Waals surface area contributed by atoms with Gasteiger partial charge in [0.15, 0.2) is 5.82 Å². The van der Waals surface area contributed by atoms with Gasteiger partial charge in [-0.15, -0.1) is 0 Å². The Morgan fingerprint density at radius 2 is 2.14 bits per heavy atom. The van der Waals surface area contributed by atoms with Gasteiger partial charge in [0.05, 0.1) is 11.4 Å². The van der Waals surface area contributed by atoms with Gasteiger partial charge in [-0.05, 0) is 33.6 Å². The lowest BCUT2D eigenvalue weighted by Gasteiger charge is -2.38. The molecule has 1 aromatic rings. The molecule has 0 aliphatic carbocycles. The normalized spacial score (nSPS) is 19.7. The maximum atomic E-state index is 6.22. The predicted octanol–water partition coefficient (Wildman–Crippen LogP) is 2.72. The largest absolute Gasteiger partial charge is 0.394 e. The Morgan fingerprint density at radius 1 is 1.43 bits per heavy atom. The van der Waals surface area contributed by atoms with Crippen LogP contribution in [0.1, 0.15) is 33.6 Å². The van der Waals surface area contributed by atoms with Gasteiger partial charge in [0, 0.05) is 37.8 Å². The molecule has 1 saturated heterocycles. The van der Waals surface area contributed by atoms with E-state index in [1.807, 2.05) is 6.07 Å². The third-order valence-corrected chi connectivity index (χ3v) is 3.84. The molecule has 1 unspecified atom stereocenters. The van der Waals surface area contributed by atoms with Crippen molar-refractivity contribution in [1.29, 1.82) is 0 Å². The number of nitrogens with zero attached hydrogens (tertiary/aromatic N) is 2. The number of hydrogen-bond acceptors (Lipinski definition) is 5. The number of piperidine rings is 1. The molecule has 0 spiro atoms. The fourth-order valence-corrected chi connectivity index (χ4v) is 3.08. The fraction of sp³-hybridized carbons (Fsp3) is 0.667. The molecule has 1 aliphatic rings. The molecule has 118 valence electrons. The first-order chi connectivity index (χ1) is 9.80. The summed E-state index contributed by atoms with van der Waals surface area (Å²) in [5.74, 6) is 0.642. The molecule has 0 aromatic carbocycles. The zero-order chi connectivity index (χ0) is 15.6. The molecular weight excluding hydrogens is 286 g/mol. The molecule has 2 rings (SSSR count). The van der Waals surface area contributed by atoms with Crippen LogP contribution < -0.4 is 21.3 Å². The Morgan fingerprint density at radius 3 is 2.76 bits per heavy atom. The van der Waals surface area contributed by atoms with Crippen molar-refractivity contribution in [2.45, 2.75) is 45.2 Å². The smallest absolute Gasteiger partial charge is 0.152 e. The molecule has 0 radical (unpaired) electrons. The summed E-state index contributed by atoms with van der Waals surface area (Å²) in [4.78, 5) is 6.51. The zero-order valence-corrected chi connectivity index (χ0v) is 14.1. The third kappa shape index (κ3) is 4.14. The predicted molar refractivity (Wildman–Crippen MR) is 91.3 cm³/mol. The number of anilines is 3. The van der Waals surface area contributed by atoms with Crippen LogP contribution in [0.25, 0.3) is 0 Å². The molecular formula is C15H26ClN5. The van der Waals surface area contributed by atoms with Crippen molar-refractivity contribution in [3.8, 4) is 0 Å². The van der Waals surface area contributed by atoms with Crippen molar-refractivity contribution in [3.63, 3.8) is 0 Å². The molecule has 6 heteroatoms. The maximum Gasteiger partial charge on any atom is 0.152 e. The topological polar surface area (TPSA) is 66.2 Å². The number of rotatable bonds is 3. The van der Waals surface area contributed by atoms with Crippen LogP contribution in [0.4, 0.5) is 17.2 Å². The Kier molecular flexibility index (Phi) is 4.84. The minimum atomic E-state index is 0.116. The lowest BCUT2D eigenvalue weighted by molar-refractivity contribution is 0.323. The highest BCUT2D eigenvalue weighted by atomic mass is 35.5. The molecule has 0 saturated carbocycles. The van der Waals surface area contributed by atoms with Crippen molar-refractivity contribution >= 4 is 28.8 Å². The summed E-state index contributed by atoms with van der Waals surface area (Å²) in [7, 11) is 1.80. The maximum absolute atomic E-state index is 6.22. The molecule has 21 heavy (non-hydrogen) atoms. The van der Waals surface area contributed by atoms with E-state index in [0.717, 1.165) is 25.2 Å². The summed E-state index contributed by atoms with van der Waals surface area (Å²) < 4.78 is 0. The van der Waals surface area contributed by atoms with E-state index in [1.165, 1.54) is 6.42 Å². The number of nitrogen functional groups attached to an aromatic ring is 1. The van der Waals surface area contributed by atoms with E-state index in [4.69, 9.17) is 17.3 Å². The molecule has 1 atom stereocenters. The molecule has 0 bridgehead atoms. The Labute approximate surface area is 132 Å². The van der Waals surface area contributed by atoms with E-state index in [2.05, 4.69) is 41.3 Å². The van der Waals surface area contributed by atoms with E-state index < -0.39 is 0 Å². The van der Waals surface area contributed by atoms with Crippen LogP contribution in [0.5, 0.6) is 0 Å². The first-order valence-electron chi connectivity index (χ1n) is 7.46. The third-order valence-electron chi connectivity index (χ3n) is 3.64. The number of nitrogens with one attached hydrogen (secondary N) is 2. The average molecular weight is 312 g/mol. The van der Waals surface area contributed by atoms with Gasteiger partial charge in [0.2, 0.25) is 0 Å². The second-order valence-electron chi connectivity index (χ2n) is 6.66. The van der Waals surface area contributed by atoms with Gasteiger partial charge in [-0.25, -0.2) is 4.98 Å². The van der Waals surface area contributed by atoms with Crippen LogP contribution in [-0.4, -0.2) is 36.7 Å². The average Bonchev–Trinajstić information content (AvgIpc) is 2.39. The molecule has 0 amide bonds. The molecule has 4 N–H and O–H groups in total. The summed E-state index contributed by atoms with van der Waals surface area (Å²) in [6.45, 7) is 8.52. The molecule has 2 heterocycles. The van der Waals surface area contributed by atoms with E-state index in [9.17, 15) is 0 Å². The Bertz CT molecular complexity index is 498. The van der Waals surface area contributed by atoms with E-state index in [1.54, 1.807) is 7.05 Å². The molecule has 1 aromatic heterocycles. The Balaban J connectivity index is 2.20. The number of pyridine rings is 1. The zero-order valence-electron chi connectivity index (χ0n) is 13.3. The van der Waals surface area contributed by atoms with Gasteiger partial charge in [-0.1, -0.05) is 11.6 Å². The van der Waals surface area contributed by atoms with Gasteiger partial charge in [0.25, 0.3) is 0 Å². The number of aromatic nitrogens is 1. The van der Waals surface area contributed by atoms with Gasteiger partial charge < -0.3 is 21.3 Å². The number of nitrogens with two attached hydrogens (primary N) is 1. The van der Waals surface area contributed by atoms with Crippen LogP contribution in [0, 0.1) is 0 Å². The monoisotopic (exact) mass is 311 g/mol. The van der Waals surface area contributed by atoms with E-state index in [-0.39, 0.29) is 5.54 Å². The highest BCUT2D eigenvalue weighted by molar-refractivity contribution is 6.30. The lowest BCUT2D eigenvalue weighted by Crippen LogP contribution is -2.52. The van der Waals surface area contributed by atoms with E-state index >= 15 is 0 Å². The van der Waals surface area contributed by atoms with Crippen molar-refractivity contribution in [1.82, 2.24) is 10.3 Å². The lowest BCUT2D eigenvalue weighted by atomic mass is 10.0. The summed E-state index contributed by atoms with van der Waals surface area (Å²) in [5.41, 5.74) is 7.97. The number of halogens is 1. The molecule has 5 nitrogen and oxygen atoms in total. The summed E-state index contributed by atoms with van der Waals surface area (Å²) in [5, 5.41) is 7.14. The van der Waals surface area contributed by atoms with Gasteiger partial charge in [-0.3, -0.25) is 0 Å². The second kappa shape index (κ2) is 6.28. The van der Waals surface area contributed by atoms with Gasteiger partial charge >= 0.3 is 0 Å².